The molecule has 2 aromatic heterocycles. The first kappa shape index (κ1) is 15.8. The summed E-state index contributed by atoms with van der Waals surface area (Å²) in [6, 6.07) is 9.85. The Morgan fingerprint density at radius 2 is 2.24 bits per heavy atom. The van der Waals surface area contributed by atoms with E-state index in [4.69, 9.17) is 4.42 Å². The summed E-state index contributed by atoms with van der Waals surface area (Å²) >= 11 is 0. The Morgan fingerprint density at radius 3 is 3.08 bits per heavy atom. The number of amides is 1. The number of hydrogen-bond donors (Lipinski definition) is 1. The molecule has 7 heteroatoms. The SMILES string of the molecule is CNC(=O)c1ccn([C@H]2CCCN(Cc3nc4ccccc4o3)C2)n1. The van der Waals surface area contributed by atoms with Crippen molar-refractivity contribution < 1.29 is 9.21 Å². The highest BCUT2D eigenvalue weighted by Crippen LogP contribution is 2.23. The van der Waals surface area contributed by atoms with E-state index in [1.807, 2.05) is 35.1 Å². The van der Waals surface area contributed by atoms with Gasteiger partial charge in [0.25, 0.3) is 5.91 Å². The standard InChI is InChI=1S/C18H21N5O2/c1-19-18(24)15-8-10-23(21-15)13-5-4-9-22(11-13)12-17-20-14-6-2-3-7-16(14)25-17/h2-3,6-8,10,13H,4-5,9,11-12H2,1H3,(H,19,24)/t13-/m0/s1. The lowest BCUT2D eigenvalue weighted by atomic mass is 10.1. The third-order valence-electron chi connectivity index (χ3n) is 4.62. The maximum Gasteiger partial charge on any atom is 0.271 e. The summed E-state index contributed by atoms with van der Waals surface area (Å²) in [6.45, 7) is 2.57. The number of fused-ring (bicyclic) bond motifs is 1. The Balaban J connectivity index is 1.45. The number of carbonyl (C=O) groups is 1. The molecule has 0 unspecified atom stereocenters. The van der Waals surface area contributed by atoms with E-state index in [1.54, 1.807) is 13.1 Å². The maximum absolute atomic E-state index is 11.7. The third-order valence-corrected chi connectivity index (χ3v) is 4.62. The molecule has 7 nitrogen and oxygen atoms in total. The van der Waals surface area contributed by atoms with Crippen LogP contribution >= 0.6 is 0 Å². The van der Waals surface area contributed by atoms with Crippen LogP contribution < -0.4 is 5.32 Å². The largest absolute Gasteiger partial charge is 0.439 e. The highest BCUT2D eigenvalue weighted by atomic mass is 16.3. The summed E-state index contributed by atoms with van der Waals surface area (Å²) in [5.74, 6) is 0.589. The number of oxazole rings is 1. The van der Waals surface area contributed by atoms with Crippen LogP contribution in [-0.4, -0.2) is 45.7 Å². The lowest BCUT2D eigenvalue weighted by molar-refractivity contribution is 0.0955. The average Bonchev–Trinajstić information content (AvgIpc) is 3.28. The fourth-order valence-corrected chi connectivity index (χ4v) is 3.36. The Bertz CT molecular complexity index is 851. The first-order valence-corrected chi connectivity index (χ1v) is 8.57. The van der Waals surface area contributed by atoms with Crippen LogP contribution in [0.15, 0.2) is 40.9 Å². The summed E-state index contributed by atoms with van der Waals surface area (Å²) in [5, 5.41) is 7.03. The molecule has 0 spiro atoms. The molecule has 0 aliphatic carbocycles. The van der Waals surface area contributed by atoms with E-state index in [-0.39, 0.29) is 11.9 Å². The van der Waals surface area contributed by atoms with Crippen LogP contribution in [0.3, 0.4) is 0 Å². The zero-order valence-corrected chi connectivity index (χ0v) is 14.2. The lowest BCUT2D eigenvalue weighted by Gasteiger charge is -2.31. The molecule has 0 radical (unpaired) electrons. The van der Waals surface area contributed by atoms with Crippen LogP contribution in [0.1, 0.15) is 35.3 Å². The lowest BCUT2D eigenvalue weighted by Crippen LogP contribution is -2.36. The van der Waals surface area contributed by atoms with Crippen LogP contribution in [0.2, 0.25) is 0 Å². The maximum atomic E-state index is 11.7. The number of nitrogens with zero attached hydrogens (tertiary/aromatic N) is 4. The molecule has 1 N–H and O–H groups in total. The number of rotatable bonds is 4. The van der Waals surface area contributed by atoms with E-state index in [0.717, 1.165) is 42.9 Å². The second-order valence-corrected chi connectivity index (χ2v) is 6.37. The van der Waals surface area contributed by atoms with Crippen molar-refractivity contribution in [3.8, 4) is 0 Å². The Labute approximate surface area is 145 Å². The van der Waals surface area contributed by atoms with Crippen molar-refractivity contribution in [2.24, 2.45) is 0 Å². The molecule has 4 rings (SSSR count). The number of carbonyl (C=O) groups excluding carboxylic acids is 1. The molecule has 25 heavy (non-hydrogen) atoms. The summed E-state index contributed by atoms with van der Waals surface area (Å²) in [6.07, 6.45) is 4.02. The van der Waals surface area contributed by atoms with E-state index in [2.05, 4.69) is 20.3 Å². The summed E-state index contributed by atoms with van der Waals surface area (Å²) in [7, 11) is 1.62. The number of benzene rings is 1. The molecular weight excluding hydrogens is 318 g/mol. The van der Waals surface area contributed by atoms with Crippen molar-refractivity contribution in [2.75, 3.05) is 20.1 Å². The van der Waals surface area contributed by atoms with Crippen molar-refractivity contribution in [3.63, 3.8) is 0 Å². The molecule has 0 saturated carbocycles. The van der Waals surface area contributed by atoms with Gasteiger partial charge in [0.1, 0.15) is 11.2 Å². The molecule has 1 saturated heterocycles. The van der Waals surface area contributed by atoms with Gasteiger partial charge < -0.3 is 9.73 Å². The quantitative estimate of drug-likeness (QED) is 0.789. The zero-order valence-electron chi connectivity index (χ0n) is 14.2. The van der Waals surface area contributed by atoms with E-state index in [0.29, 0.717) is 12.2 Å². The van der Waals surface area contributed by atoms with Gasteiger partial charge in [-0.05, 0) is 37.6 Å². The van der Waals surface area contributed by atoms with Crippen LogP contribution in [0.4, 0.5) is 0 Å². The number of aromatic nitrogens is 3. The minimum Gasteiger partial charge on any atom is -0.439 e. The van der Waals surface area contributed by atoms with Crippen molar-refractivity contribution in [1.82, 2.24) is 25.0 Å². The molecule has 1 aliphatic heterocycles. The van der Waals surface area contributed by atoms with Crippen LogP contribution in [0.25, 0.3) is 11.1 Å². The van der Waals surface area contributed by atoms with Gasteiger partial charge in [0.15, 0.2) is 5.58 Å². The summed E-state index contributed by atoms with van der Waals surface area (Å²) in [5.41, 5.74) is 2.18. The minimum absolute atomic E-state index is 0.155. The molecule has 3 aromatic rings. The first-order chi connectivity index (χ1) is 12.2. The van der Waals surface area contributed by atoms with Gasteiger partial charge in [-0.3, -0.25) is 14.4 Å². The van der Waals surface area contributed by atoms with Crippen molar-refractivity contribution in [1.29, 1.82) is 0 Å². The molecule has 1 atom stereocenters. The number of hydrogen-bond acceptors (Lipinski definition) is 5. The van der Waals surface area contributed by atoms with Crippen molar-refractivity contribution >= 4 is 17.0 Å². The molecule has 0 bridgehead atoms. The minimum atomic E-state index is -0.155. The highest BCUT2D eigenvalue weighted by Gasteiger charge is 2.24. The molecule has 1 aromatic carbocycles. The molecular formula is C18H21N5O2. The topological polar surface area (TPSA) is 76.2 Å². The van der Waals surface area contributed by atoms with E-state index in [1.165, 1.54) is 0 Å². The molecule has 1 amide bonds. The van der Waals surface area contributed by atoms with Gasteiger partial charge in [0, 0.05) is 19.8 Å². The molecule has 1 aliphatic rings. The summed E-state index contributed by atoms with van der Waals surface area (Å²) < 4.78 is 7.74. The number of nitrogens with one attached hydrogen (secondary N) is 1. The van der Waals surface area contributed by atoms with Crippen LogP contribution in [0, 0.1) is 0 Å². The van der Waals surface area contributed by atoms with Gasteiger partial charge in [0.05, 0.1) is 12.6 Å². The average molecular weight is 339 g/mol. The van der Waals surface area contributed by atoms with Gasteiger partial charge in [-0.1, -0.05) is 12.1 Å². The molecule has 130 valence electrons. The van der Waals surface area contributed by atoms with Gasteiger partial charge in [-0.2, -0.15) is 5.10 Å². The highest BCUT2D eigenvalue weighted by molar-refractivity contribution is 5.91. The van der Waals surface area contributed by atoms with Gasteiger partial charge >= 0.3 is 0 Å². The molecule has 1 fully saturated rings. The normalized spacial score (nSPS) is 18.5. The van der Waals surface area contributed by atoms with Crippen LogP contribution in [-0.2, 0) is 6.54 Å². The fourth-order valence-electron chi connectivity index (χ4n) is 3.36. The van der Waals surface area contributed by atoms with E-state index < -0.39 is 0 Å². The predicted octanol–water partition coefficient (Wildman–Crippen LogP) is 2.22. The Morgan fingerprint density at radius 1 is 1.36 bits per heavy atom. The van der Waals surface area contributed by atoms with Crippen molar-refractivity contribution in [2.45, 2.75) is 25.4 Å². The Kier molecular flexibility index (Phi) is 4.23. The van der Waals surface area contributed by atoms with Gasteiger partial charge in [-0.15, -0.1) is 0 Å². The first-order valence-electron chi connectivity index (χ1n) is 8.57. The second kappa shape index (κ2) is 6.68. The fraction of sp³-hybridized carbons (Fsp3) is 0.389. The number of para-hydroxylation sites is 2. The second-order valence-electron chi connectivity index (χ2n) is 6.37. The number of likely N-dealkylation sites (tertiary alicyclic amines) is 1. The van der Waals surface area contributed by atoms with Crippen LogP contribution in [0.5, 0.6) is 0 Å². The predicted molar refractivity (Wildman–Crippen MR) is 93.2 cm³/mol. The third kappa shape index (κ3) is 3.28. The summed E-state index contributed by atoms with van der Waals surface area (Å²) in [4.78, 5) is 18.6. The van der Waals surface area contributed by atoms with Gasteiger partial charge in [0.2, 0.25) is 5.89 Å². The molecule has 3 heterocycles. The number of piperidine rings is 1. The smallest absolute Gasteiger partial charge is 0.271 e. The van der Waals surface area contributed by atoms with E-state index >= 15 is 0 Å². The van der Waals surface area contributed by atoms with Crippen molar-refractivity contribution in [3.05, 3.63) is 48.1 Å². The Hall–Kier alpha value is -2.67. The zero-order chi connectivity index (χ0) is 17.2. The monoisotopic (exact) mass is 339 g/mol. The van der Waals surface area contributed by atoms with E-state index in [9.17, 15) is 4.79 Å². The van der Waals surface area contributed by atoms with Gasteiger partial charge in [-0.25, -0.2) is 4.98 Å².